The van der Waals surface area contributed by atoms with E-state index in [4.69, 9.17) is 14.0 Å². The van der Waals surface area contributed by atoms with E-state index in [-0.39, 0.29) is 17.0 Å². The van der Waals surface area contributed by atoms with Crippen molar-refractivity contribution in [3.8, 4) is 11.5 Å². The van der Waals surface area contributed by atoms with Crippen LogP contribution in [0.25, 0.3) is 0 Å². The van der Waals surface area contributed by atoms with Crippen LogP contribution in [-0.2, 0) is 9.31 Å². The molecule has 1 aliphatic rings. The summed E-state index contributed by atoms with van der Waals surface area (Å²) in [5.74, 6) is -3.05. The lowest BCUT2D eigenvalue weighted by molar-refractivity contribution is 0.00578. The molecular formula is C18H18BF3O3. The molecule has 0 atom stereocenters. The SMILES string of the molecule is CC1(C)OB(c2ccc(Oc3cccc(F)c3F)cc2F)OC1(C)C. The number of halogens is 3. The van der Waals surface area contributed by atoms with Gasteiger partial charge in [-0.25, -0.2) is 8.78 Å². The second-order valence-electron chi connectivity index (χ2n) is 6.93. The van der Waals surface area contributed by atoms with Crippen molar-refractivity contribution >= 4 is 12.6 Å². The van der Waals surface area contributed by atoms with Crippen LogP contribution in [0.5, 0.6) is 11.5 Å². The molecule has 1 fully saturated rings. The highest BCUT2D eigenvalue weighted by molar-refractivity contribution is 6.62. The van der Waals surface area contributed by atoms with Crippen LogP contribution < -0.4 is 10.2 Å². The van der Waals surface area contributed by atoms with Crippen LogP contribution in [0.3, 0.4) is 0 Å². The van der Waals surface area contributed by atoms with E-state index in [1.807, 2.05) is 27.7 Å². The fraction of sp³-hybridized carbons (Fsp3) is 0.333. The lowest BCUT2D eigenvalue weighted by Crippen LogP contribution is -2.41. The Labute approximate surface area is 144 Å². The average molecular weight is 350 g/mol. The molecule has 1 heterocycles. The summed E-state index contributed by atoms with van der Waals surface area (Å²) in [7, 11) is -0.857. The second kappa shape index (κ2) is 6.07. The molecule has 0 unspecified atom stereocenters. The largest absolute Gasteiger partial charge is 0.497 e. The maximum Gasteiger partial charge on any atom is 0.497 e. The van der Waals surface area contributed by atoms with E-state index >= 15 is 0 Å². The molecular weight excluding hydrogens is 332 g/mol. The number of hydrogen-bond acceptors (Lipinski definition) is 3. The summed E-state index contributed by atoms with van der Waals surface area (Å²) in [4.78, 5) is 0. The molecule has 3 rings (SSSR count). The normalized spacial score (nSPS) is 18.4. The Kier molecular flexibility index (Phi) is 4.33. The number of ether oxygens (including phenoxy) is 1. The Hall–Kier alpha value is -1.99. The molecule has 132 valence electrons. The first-order valence-electron chi connectivity index (χ1n) is 7.88. The predicted molar refractivity (Wildman–Crippen MR) is 88.5 cm³/mol. The highest BCUT2D eigenvalue weighted by atomic mass is 19.2. The Morgan fingerprint density at radius 2 is 1.52 bits per heavy atom. The zero-order chi connectivity index (χ0) is 18.4. The quantitative estimate of drug-likeness (QED) is 0.777. The minimum Gasteiger partial charge on any atom is -0.454 e. The maximum atomic E-state index is 14.5. The van der Waals surface area contributed by atoms with Crippen LogP contribution in [0.15, 0.2) is 36.4 Å². The Morgan fingerprint density at radius 3 is 2.12 bits per heavy atom. The summed E-state index contributed by atoms with van der Waals surface area (Å²) in [6.07, 6.45) is 0. The van der Waals surface area contributed by atoms with Crippen LogP contribution in [0.4, 0.5) is 13.2 Å². The minimum atomic E-state index is -1.13. The summed E-state index contributed by atoms with van der Waals surface area (Å²) >= 11 is 0. The van der Waals surface area contributed by atoms with Gasteiger partial charge in [-0.3, -0.25) is 0 Å². The second-order valence-corrected chi connectivity index (χ2v) is 6.93. The van der Waals surface area contributed by atoms with Crippen molar-refractivity contribution in [2.75, 3.05) is 0 Å². The molecule has 1 saturated heterocycles. The Balaban J connectivity index is 1.84. The summed E-state index contributed by atoms with van der Waals surface area (Å²) in [5.41, 5.74) is -0.973. The zero-order valence-electron chi connectivity index (χ0n) is 14.4. The average Bonchev–Trinajstić information content (AvgIpc) is 2.72. The van der Waals surface area contributed by atoms with Gasteiger partial charge in [0.25, 0.3) is 0 Å². The van der Waals surface area contributed by atoms with Gasteiger partial charge < -0.3 is 14.0 Å². The van der Waals surface area contributed by atoms with Crippen molar-refractivity contribution < 1.29 is 27.2 Å². The van der Waals surface area contributed by atoms with Gasteiger partial charge in [-0.15, -0.1) is 0 Å². The summed E-state index contributed by atoms with van der Waals surface area (Å²) in [6, 6.07) is 7.54. The fourth-order valence-electron chi connectivity index (χ4n) is 2.42. The molecule has 3 nitrogen and oxygen atoms in total. The predicted octanol–water partition coefficient (Wildman–Crippen LogP) is 4.20. The molecule has 0 aliphatic carbocycles. The molecule has 2 aromatic carbocycles. The van der Waals surface area contributed by atoms with Crippen LogP contribution >= 0.6 is 0 Å². The van der Waals surface area contributed by atoms with Gasteiger partial charge in [0, 0.05) is 11.5 Å². The van der Waals surface area contributed by atoms with Gasteiger partial charge in [0.1, 0.15) is 11.6 Å². The van der Waals surface area contributed by atoms with E-state index in [2.05, 4.69) is 0 Å². The molecule has 1 aliphatic heterocycles. The lowest BCUT2D eigenvalue weighted by atomic mass is 9.78. The Morgan fingerprint density at radius 1 is 0.880 bits per heavy atom. The molecule has 0 radical (unpaired) electrons. The van der Waals surface area contributed by atoms with E-state index in [0.717, 1.165) is 12.1 Å². The van der Waals surface area contributed by atoms with Gasteiger partial charge in [0.2, 0.25) is 5.82 Å². The van der Waals surface area contributed by atoms with Crippen LogP contribution in [0, 0.1) is 17.5 Å². The third kappa shape index (κ3) is 3.26. The van der Waals surface area contributed by atoms with Crippen molar-refractivity contribution in [2.24, 2.45) is 0 Å². The first kappa shape index (κ1) is 17.8. The highest BCUT2D eigenvalue weighted by Crippen LogP contribution is 2.37. The van der Waals surface area contributed by atoms with Crippen molar-refractivity contribution in [1.82, 2.24) is 0 Å². The molecule has 0 bridgehead atoms. The third-order valence-corrected chi connectivity index (χ3v) is 4.62. The summed E-state index contributed by atoms with van der Waals surface area (Å²) in [6.45, 7) is 7.48. The Bertz CT molecular complexity index is 792. The van der Waals surface area contributed by atoms with Crippen molar-refractivity contribution in [1.29, 1.82) is 0 Å². The lowest BCUT2D eigenvalue weighted by Gasteiger charge is -2.32. The summed E-state index contributed by atoms with van der Waals surface area (Å²) in [5, 5.41) is 0. The first-order chi connectivity index (χ1) is 11.6. The van der Waals surface area contributed by atoms with Crippen LogP contribution in [0.2, 0.25) is 0 Å². The number of hydrogen-bond donors (Lipinski definition) is 0. The minimum absolute atomic E-state index is 0.0438. The molecule has 0 aromatic heterocycles. The zero-order valence-corrected chi connectivity index (χ0v) is 14.4. The molecule has 7 heteroatoms. The molecule has 0 spiro atoms. The topological polar surface area (TPSA) is 27.7 Å². The van der Waals surface area contributed by atoms with E-state index in [9.17, 15) is 13.2 Å². The molecule has 2 aromatic rings. The van der Waals surface area contributed by atoms with Gasteiger partial charge in [0.15, 0.2) is 11.6 Å². The standard InChI is InChI=1S/C18H18BF3O3/c1-17(2)18(3,4)25-19(24-17)12-9-8-11(10-14(12)21)23-15-7-5-6-13(20)16(15)22/h5-10H,1-4H3. The van der Waals surface area contributed by atoms with Gasteiger partial charge >= 0.3 is 7.12 Å². The van der Waals surface area contributed by atoms with Crippen LogP contribution in [0.1, 0.15) is 27.7 Å². The van der Waals surface area contributed by atoms with Gasteiger partial charge in [-0.1, -0.05) is 12.1 Å². The molecule has 25 heavy (non-hydrogen) atoms. The smallest absolute Gasteiger partial charge is 0.454 e. The van der Waals surface area contributed by atoms with Gasteiger partial charge in [-0.2, -0.15) is 4.39 Å². The first-order valence-corrected chi connectivity index (χ1v) is 7.88. The number of benzene rings is 2. The third-order valence-electron chi connectivity index (χ3n) is 4.62. The monoisotopic (exact) mass is 350 g/mol. The molecule has 0 N–H and O–H groups in total. The van der Waals surface area contributed by atoms with Gasteiger partial charge in [-0.05, 0) is 45.9 Å². The number of rotatable bonds is 3. The van der Waals surface area contributed by atoms with E-state index < -0.39 is 35.8 Å². The molecule has 0 saturated carbocycles. The van der Waals surface area contributed by atoms with E-state index in [0.29, 0.717) is 0 Å². The van der Waals surface area contributed by atoms with Gasteiger partial charge in [0.05, 0.1) is 11.2 Å². The fourth-order valence-corrected chi connectivity index (χ4v) is 2.42. The van der Waals surface area contributed by atoms with E-state index in [1.165, 1.54) is 24.3 Å². The van der Waals surface area contributed by atoms with Crippen molar-refractivity contribution in [3.63, 3.8) is 0 Å². The van der Waals surface area contributed by atoms with Crippen molar-refractivity contribution in [3.05, 3.63) is 53.8 Å². The molecule has 0 amide bonds. The van der Waals surface area contributed by atoms with E-state index in [1.54, 1.807) is 0 Å². The van der Waals surface area contributed by atoms with Crippen molar-refractivity contribution in [2.45, 2.75) is 38.9 Å². The highest BCUT2D eigenvalue weighted by Gasteiger charge is 2.52. The maximum absolute atomic E-state index is 14.5. The summed E-state index contributed by atoms with van der Waals surface area (Å²) < 4.78 is 58.2. The van der Waals surface area contributed by atoms with Crippen LogP contribution in [-0.4, -0.2) is 18.3 Å².